The number of nitriles is 1. The average Bonchev–Trinajstić information content (AvgIpc) is 2.53. The number of fused-ring (bicyclic) bond motifs is 1. The van der Waals surface area contributed by atoms with Gasteiger partial charge < -0.3 is 0 Å². The minimum atomic E-state index is -0.449. The maximum Gasteiger partial charge on any atom is 0.295 e. The Morgan fingerprint density at radius 2 is 1.86 bits per heavy atom. The van der Waals surface area contributed by atoms with Crippen LogP contribution in [0.25, 0.3) is 22.2 Å². The van der Waals surface area contributed by atoms with Gasteiger partial charge in [-0.05, 0) is 12.1 Å². The standard InChI is InChI=1S/C16H9N3O2/c17-10-12-4-1-2-6-13(12)14-9-8-11-5-3-7-15(19(20)21)16(11)18-14/h1-9H. The second-order valence-corrected chi connectivity index (χ2v) is 4.46. The molecule has 0 radical (unpaired) electrons. The molecule has 0 spiro atoms. The highest BCUT2D eigenvalue weighted by atomic mass is 16.6. The van der Waals surface area contributed by atoms with E-state index in [2.05, 4.69) is 11.1 Å². The van der Waals surface area contributed by atoms with Crippen molar-refractivity contribution in [3.05, 3.63) is 70.3 Å². The fourth-order valence-corrected chi connectivity index (χ4v) is 2.23. The molecule has 21 heavy (non-hydrogen) atoms. The van der Waals surface area contributed by atoms with Gasteiger partial charge in [0.1, 0.15) is 5.52 Å². The van der Waals surface area contributed by atoms with Crippen LogP contribution in [0.15, 0.2) is 54.6 Å². The van der Waals surface area contributed by atoms with Crippen molar-refractivity contribution in [1.82, 2.24) is 4.98 Å². The Morgan fingerprint density at radius 1 is 1.05 bits per heavy atom. The lowest BCUT2D eigenvalue weighted by Crippen LogP contribution is -1.93. The Morgan fingerprint density at radius 3 is 2.62 bits per heavy atom. The Bertz CT molecular complexity index is 897. The van der Waals surface area contributed by atoms with Crippen LogP contribution in [0.2, 0.25) is 0 Å². The van der Waals surface area contributed by atoms with Crippen LogP contribution >= 0.6 is 0 Å². The van der Waals surface area contributed by atoms with Gasteiger partial charge in [0, 0.05) is 17.0 Å². The minimum absolute atomic E-state index is 0.0382. The highest BCUT2D eigenvalue weighted by molar-refractivity contribution is 5.89. The Kier molecular flexibility index (Phi) is 3.05. The molecule has 0 bridgehead atoms. The summed E-state index contributed by atoms with van der Waals surface area (Å²) in [6.45, 7) is 0. The molecule has 2 aromatic carbocycles. The zero-order valence-electron chi connectivity index (χ0n) is 10.9. The highest BCUT2D eigenvalue weighted by Crippen LogP contribution is 2.28. The van der Waals surface area contributed by atoms with Gasteiger partial charge in [0.05, 0.1) is 22.2 Å². The second-order valence-electron chi connectivity index (χ2n) is 4.46. The topological polar surface area (TPSA) is 79.8 Å². The molecule has 0 N–H and O–H groups in total. The number of nitro groups is 1. The molecule has 0 aliphatic heterocycles. The number of benzene rings is 2. The van der Waals surface area contributed by atoms with Crippen LogP contribution in [-0.2, 0) is 0 Å². The van der Waals surface area contributed by atoms with Crippen LogP contribution in [0.1, 0.15) is 5.56 Å². The van der Waals surface area contributed by atoms with E-state index in [1.165, 1.54) is 6.07 Å². The number of para-hydroxylation sites is 1. The fraction of sp³-hybridized carbons (Fsp3) is 0. The number of hydrogen-bond acceptors (Lipinski definition) is 4. The first-order valence-electron chi connectivity index (χ1n) is 6.24. The smallest absolute Gasteiger partial charge is 0.258 e. The highest BCUT2D eigenvalue weighted by Gasteiger charge is 2.14. The summed E-state index contributed by atoms with van der Waals surface area (Å²) in [7, 11) is 0. The molecule has 5 nitrogen and oxygen atoms in total. The summed E-state index contributed by atoms with van der Waals surface area (Å²) in [5.41, 5.74) is 1.99. The number of pyridine rings is 1. The third kappa shape index (κ3) is 2.19. The largest absolute Gasteiger partial charge is 0.295 e. The lowest BCUT2D eigenvalue weighted by molar-refractivity contribution is -0.383. The van der Waals surface area contributed by atoms with Gasteiger partial charge in [0.2, 0.25) is 0 Å². The summed E-state index contributed by atoms with van der Waals surface area (Å²) >= 11 is 0. The molecule has 0 aliphatic rings. The summed E-state index contributed by atoms with van der Waals surface area (Å²) in [5, 5.41) is 20.9. The number of rotatable bonds is 2. The summed E-state index contributed by atoms with van der Waals surface area (Å²) in [6, 6.07) is 17.5. The SMILES string of the molecule is N#Cc1ccccc1-c1ccc2cccc([N+](=O)[O-])c2n1. The molecule has 0 fully saturated rings. The zero-order valence-corrected chi connectivity index (χ0v) is 10.9. The molecule has 1 aromatic heterocycles. The molecule has 0 saturated carbocycles. The summed E-state index contributed by atoms with van der Waals surface area (Å²) < 4.78 is 0. The van der Waals surface area contributed by atoms with Crippen molar-refractivity contribution >= 4 is 16.6 Å². The van der Waals surface area contributed by atoms with Crippen molar-refractivity contribution in [2.24, 2.45) is 0 Å². The van der Waals surface area contributed by atoms with E-state index < -0.39 is 4.92 Å². The third-order valence-electron chi connectivity index (χ3n) is 3.22. The van der Waals surface area contributed by atoms with Gasteiger partial charge in [0.25, 0.3) is 5.69 Å². The summed E-state index contributed by atoms with van der Waals surface area (Å²) in [6.07, 6.45) is 0. The molecule has 0 atom stereocenters. The van der Waals surface area contributed by atoms with Crippen molar-refractivity contribution in [1.29, 1.82) is 5.26 Å². The van der Waals surface area contributed by atoms with Crippen LogP contribution in [0.3, 0.4) is 0 Å². The molecular formula is C16H9N3O2. The Labute approximate surface area is 120 Å². The van der Waals surface area contributed by atoms with Crippen molar-refractivity contribution in [2.45, 2.75) is 0 Å². The van der Waals surface area contributed by atoms with Gasteiger partial charge >= 0.3 is 0 Å². The van der Waals surface area contributed by atoms with Crippen molar-refractivity contribution in [2.75, 3.05) is 0 Å². The predicted octanol–water partition coefficient (Wildman–Crippen LogP) is 3.68. The van der Waals surface area contributed by atoms with Crippen molar-refractivity contribution in [3.8, 4) is 17.3 Å². The van der Waals surface area contributed by atoms with Crippen LogP contribution in [0, 0.1) is 21.4 Å². The van der Waals surface area contributed by atoms with E-state index in [0.29, 0.717) is 27.7 Å². The number of nitrogens with zero attached hydrogens (tertiary/aromatic N) is 3. The quantitative estimate of drug-likeness (QED) is 0.527. The van der Waals surface area contributed by atoms with Gasteiger partial charge in [-0.3, -0.25) is 10.1 Å². The van der Waals surface area contributed by atoms with E-state index in [-0.39, 0.29) is 5.69 Å². The lowest BCUT2D eigenvalue weighted by Gasteiger charge is -2.05. The van der Waals surface area contributed by atoms with Crippen molar-refractivity contribution < 1.29 is 4.92 Å². The zero-order chi connectivity index (χ0) is 14.8. The Balaban J connectivity index is 2.29. The van der Waals surface area contributed by atoms with Gasteiger partial charge in [0.15, 0.2) is 0 Å². The summed E-state index contributed by atoms with van der Waals surface area (Å²) in [4.78, 5) is 15.0. The van der Waals surface area contributed by atoms with E-state index >= 15 is 0 Å². The maximum absolute atomic E-state index is 11.1. The lowest BCUT2D eigenvalue weighted by atomic mass is 10.0. The molecule has 0 unspecified atom stereocenters. The molecule has 100 valence electrons. The molecule has 1 heterocycles. The van der Waals surface area contributed by atoms with Crippen LogP contribution in [0.5, 0.6) is 0 Å². The second kappa shape index (κ2) is 5.02. The Hall–Kier alpha value is -3.26. The van der Waals surface area contributed by atoms with E-state index in [9.17, 15) is 10.1 Å². The molecule has 3 aromatic rings. The first-order valence-corrected chi connectivity index (χ1v) is 6.24. The minimum Gasteiger partial charge on any atom is -0.258 e. The van der Waals surface area contributed by atoms with Crippen LogP contribution in [-0.4, -0.2) is 9.91 Å². The molecular weight excluding hydrogens is 266 g/mol. The van der Waals surface area contributed by atoms with E-state index in [4.69, 9.17) is 5.26 Å². The predicted molar refractivity (Wildman–Crippen MR) is 78.5 cm³/mol. The number of non-ortho nitro benzene ring substituents is 1. The fourth-order valence-electron chi connectivity index (χ4n) is 2.23. The monoisotopic (exact) mass is 275 g/mol. The molecule has 3 rings (SSSR count). The first kappa shape index (κ1) is 12.8. The molecule has 0 amide bonds. The van der Waals surface area contributed by atoms with Gasteiger partial charge in [-0.1, -0.05) is 36.4 Å². The number of hydrogen-bond donors (Lipinski definition) is 0. The van der Waals surface area contributed by atoms with Gasteiger partial charge in [-0.25, -0.2) is 4.98 Å². The van der Waals surface area contributed by atoms with E-state index in [1.807, 2.05) is 6.07 Å². The van der Waals surface area contributed by atoms with Crippen molar-refractivity contribution in [3.63, 3.8) is 0 Å². The number of nitro benzene ring substituents is 1. The molecule has 0 aliphatic carbocycles. The van der Waals surface area contributed by atoms with Gasteiger partial charge in [-0.15, -0.1) is 0 Å². The van der Waals surface area contributed by atoms with E-state index in [0.717, 1.165) is 0 Å². The molecule has 0 saturated heterocycles. The maximum atomic E-state index is 11.1. The van der Waals surface area contributed by atoms with E-state index in [1.54, 1.807) is 42.5 Å². The molecule has 5 heteroatoms. The summed E-state index contributed by atoms with van der Waals surface area (Å²) in [5.74, 6) is 0. The van der Waals surface area contributed by atoms with Crippen LogP contribution < -0.4 is 0 Å². The first-order chi connectivity index (χ1) is 10.2. The average molecular weight is 275 g/mol. The van der Waals surface area contributed by atoms with Crippen LogP contribution in [0.4, 0.5) is 5.69 Å². The van der Waals surface area contributed by atoms with Gasteiger partial charge in [-0.2, -0.15) is 5.26 Å². The normalized spacial score (nSPS) is 10.2. The third-order valence-corrected chi connectivity index (χ3v) is 3.22. The number of aromatic nitrogens is 1.